The molecule has 23 heavy (non-hydrogen) atoms. The minimum atomic E-state index is -0.939. The van der Waals surface area contributed by atoms with E-state index in [9.17, 15) is 18.4 Å². The van der Waals surface area contributed by atoms with Gasteiger partial charge >= 0.3 is 5.97 Å². The summed E-state index contributed by atoms with van der Waals surface area (Å²) < 4.78 is 30.9. The maximum atomic E-state index is 13.4. The quantitative estimate of drug-likeness (QED) is 0.837. The molecule has 0 atom stereocenters. The Morgan fingerprint density at radius 1 is 1.09 bits per heavy atom. The fourth-order valence-corrected chi connectivity index (χ4v) is 2.13. The van der Waals surface area contributed by atoms with Crippen molar-refractivity contribution >= 4 is 40.8 Å². The summed E-state index contributed by atoms with van der Waals surface area (Å²) in [6, 6.07) is 6.81. The monoisotopic (exact) mass is 359 g/mol. The van der Waals surface area contributed by atoms with E-state index >= 15 is 0 Å². The van der Waals surface area contributed by atoms with Crippen molar-refractivity contribution in [3.63, 3.8) is 0 Å². The highest BCUT2D eigenvalue weighted by Gasteiger charge is 2.15. The number of carbonyl (C=O) groups is 2. The van der Waals surface area contributed by atoms with Gasteiger partial charge in [-0.1, -0.05) is 23.2 Å². The molecule has 2 aromatic carbocycles. The number of carbonyl (C=O) groups excluding carboxylic acids is 2. The summed E-state index contributed by atoms with van der Waals surface area (Å²) in [6.07, 6.45) is 0. The van der Waals surface area contributed by atoms with Gasteiger partial charge in [0.2, 0.25) is 0 Å². The molecule has 0 spiro atoms. The summed E-state index contributed by atoms with van der Waals surface area (Å²) in [5.74, 6) is -3.33. The number of nitrogens with one attached hydrogen (secondary N) is 1. The van der Waals surface area contributed by atoms with Gasteiger partial charge in [0.1, 0.15) is 11.6 Å². The Labute approximate surface area is 140 Å². The molecule has 1 N–H and O–H groups in total. The Bertz CT molecular complexity index is 768. The van der Waals surface area contributed by atoms with Gasteiger partial charge < -0.3 is 10.1 Å². The molecule has 0 saturated heterocycles. The average molecular weight is 360 g/mol. The molecule has 0 aliphatic rings. The lowest BCUT2D eigenvalue weighted by Gasteiger charge is -2.08. The molecule has 0 fully saturated rings. The van der Waals surface area contributed by atoms with Gasteiger partial charge in [-0.25, -0.2) is 13.6 Å². The van der Waals surface area contributed by atoms with Crippen LogP contribution in [-0.4, -0.2) is 18.5 Å². The molecular formula is C15H9Cl2F2NO3. The van der Waals surface area contributed by atoms with Crippen molar-refractivity contribution < 1.29 is 23.1 Å². The van der Waals surface area contributed by atoms with Crippen LogP contribution < -0.4 is 5.32 Å². The first kappa shape index (κ1) is 17.2. The van der Waals surface area contributed by atoms with E-state index in [1.807, 2.05) is 0 Å². The number of benzene rings is 2. The van der Waals surface area contributed by atoms with Crippen LogP contribution in [0.5, 0.6) is 0 Å². The van der Waals surface area contributed by atoms with E-state index < -0.39 is 30.1 Å². The van der Waals surface area contributed by atoms with Crippen molar-refractivity contribution in [1.29, 1.82) is 0 Å². The normalized spacial score (nSPS) is 10.3. The minimum Gasteiger partial charge on any atom is -0.452 e. The van der Waals surface area contributed by atoms with Crippen molar-refractivity contribution in [1.82, 2.24) is 0 Å². The van der Waals surface area contributed by atoms with Crippen molar-refractivity contribution in [3.8, 4) is 0 Å². The van der Waals surface area contributed by atoms with E-state index in [2.05, 4.69) is 5.32 Å². The first-order valence-corrected chi connectivity index (χ1v) is 6.99. The summed E-state index contributed by atoms with van der Waals surface area (Å²) in [6.45, 7) is -0.658. The molecule has 8 heteroatoms. The zero-order valence-corrected chi connectivity index (χ0v) is 12.9. The van der Waals surface area contributed by atoms with Crippen LogP contribution in [0.2, 0.25) is 10.0 Å². The fraction of sp³-hybridized carbons (Fsp3) is 0.0667. The Balaban J connectivity index is 1.94. The summed E-state index contributed by atoms with van der Waals surface area (Å²) in [4.78, 5) is 23.4. The van der Waals surface area contributed by atoms with Crippen molar-refractivity contribution in [3.05, 3.63) is 63.6 Å². The van der Waals surface area contributed by atoms with Gasteiger partial charge in [0.25, 0.3) is 5.91 Å². The lowest BCUT2D eigenvalue weighted by molar-refractivity contribution is -0.119. The number of amides is 1. The SMILES string of the molecule is O=C(COC(=O)c1ccc(Cl)cc1Cl)Nc1ccc(F)cc1F. The molecule has 0 bridgehead atoms. The van der Waals surface area contributed by atoms with Crippen molar-refractivity contribution in [2.75, 3.05) is 11.9 Å². The van der Waals surface area contributed by atoms with Gasteiger partial charge in [-0.05, 0) is 30.3 Å². The third-order valence-electron chi connectivity index (χ3n) is 2.69. The number of hydrogen-bond acceptors (Lipinski definition) is 3. The van der Waals surface area contributed by atoms with Crippen LogP contribution in [0.25, 0.3) is 0 Å². The zero-order valence-electron chi connectivity index (χ0n) is 11.4. The Hall–Kier alpha value is -2.18. The topological polar surface area (TPSA) is 55.4 Å². The van der Waals surface area contributed by atoms with E-state index in [1.165, 1.54) is 18.2 Å². The second-order valence-electron chi connectivity index (χ2n) is 4.37. The largest absolute Gasteiger partial charge is 0.452 e. The maximum absolute atomic E-state index is 13.4. The Kier molecular flexibility index (Phi) is 5.52. The maximum Gasteiger partial charge on any atom is 0.340 e. The smallest absolute Gasteiger partial charge is 0.340 e. The lowest BCUT2D eigenvalue weighted by Crippen LogP contribution is -2.21. The number of esters is 1. The molecule has 4 nitrogen and oxygen atoms in total. The molecule has 0 unspecified atom stereocenters. The number of rotatable bonds is 4. The Morgan fingerprint density at radius 3 is 2.48 bits per heavy atom. The van der Waals surface area contributed by atoms with Gasteiger partial charge in [0.15, 0.2) is 6.61 Å². The highest BCUT2D eigenvalue weighted by atomic mass is 35.5. The van der Waals surface area contributed by atoms with Gasteiger partial charge in [0, 0.05) is 11.1 Å². The van der Waals surface area contributed by atoms with Gasteiger partial charge in [0.05, 0.1) is 16.3 Å². The molecule has 0 aromatic heterocycles. The number of anilines is 1. The first-order valence-electron chi connectivity index (χ1n) is 6.24. The van der Waals surface area contributed by atoms with Crippen molar-refractivity contribution in [2.45, 2.75) is 0 Å². The summed E-state index contributed by atoms with van der Waals surface area (Å²) >= 11 is 11.5. The van der Waals surface area contributed by atoms with E-state index in [1.54, 1.807) is 0 Å². The predicted octanol–water partition coefficient (Wildman–Crippen LogP) is 4.07. The highest BCUT2D eigenvalue weighted by Crippen LogP contribution is 2.21. The number of halogens is 4. The molecule has 1 amide bonds. The zero-order chi connectivity index (χ0) is 17.0. The second kappa shape index (κ2) is 7.39. The van der Waals surface area contributed by atoms with Gasteiger partial charge in [-0.3, -0.25) is 4.79 Å². The van der Waals surface area contributed by atoms with Crippen LogP contribution in [0.3, 0.4) is 0 Å². The van der Waals surface area contributed by atoms with E-state index in [0.717, 1.165) is 12.1 Å². The molecular weight excluding hydrogens is 351 g/mol. The highest BCUT2D eigenvalue weighted by molar-refractivity contribution is 6.36. The van der Waals surface area contributed by atoms with Crippen LogP contribution in [0.1, 0.15) is 10.4 Å². The molecule has 0 saturated carbocycles. The molecule has 0 aliphatic carbocycles. The van der Waals surface area contributed by atoms with Crippen LogP contribution in [0, 0.1) is 11.6 Å². The van der Waals surface area contributed by atoms with Crippen molar-refractivity contribution in [2.24, 2.45) is 0 Å². The van der Waals surface area contributed by atoms with E-state index in [0.29, 0.717) is 11.1 Å². The van der Waals surface area contributed by atoms with E-state index in [-0.39, 0.29) is 16.3 Å². The number of hydrogen-bond donors (Lipinski definition) is 1. The van der Waals surface area contributed by atoms with E-state index in [4.69, 9.17) is 27.9 Å². The third kappa shape index (κ3) is 4.64. The average Bonchev–Trinajstić information content (AvgIpc) is 2.48. The van der Waals surface area contributed by atoms with Crippen LogP contribution in [0.4, 0.5) is 14.5 Å². The van der Waals surface area contributed by atoms with Gasteiger partial charge in [-0.15, -0.1) is 0 Å². The predicted molar refractivity (Wildman–Crippen MR) is 81.7 cm³/mol. The fourth-order valence-electron chi connectivity index (χ4n) is 1.64. The van der Waals surface area contributed by atoms with Crippen LogP contribution >= 0.6 is 23.2 Å². The van der Waals surface area contributed by atoms with Crippen LogP contribution in [0.15, 0.2) is 36.4 Å². The molecule has 2 rings (SSSR count). The summed E-state index contributed by atoms with van der Waals surface area (Å²) in [5.41, 5.74) is -0.186. The third-order valence-corrected chi connectivity index (χ3v) is 3.24. The second-order valence-corrected chi connectivity index (χ2v) is 5.22. The first-order chi connectivity index (χ1) is 10.9. The molecule has 0 heterocycles. The molecule has 0 aliphatic heterocycles. The lowest BCUT2D eigenvalue weighted by atomic mass is 10.2. The number of ether oxygens (including phenoxy) is 1. The molecule has 2 aromatic rings. The molecule has 120 valence electrons. The summed E-state index contributed by atoms with van der Waals surface area (Å²) in [7, 11) is 0. The Morgan fingerprint density at radius 2 is 1.83 bits per heavy atom. The van der Waals surface area contributed by atoms with Gasteiger partial charge in [-0.2, -0.15) is 0 Å². The summed E-state index contributed by atoms with van der Waals surface area (Å²) in [5, 5.41) is 2.58. The minimum absolute atomic E-state index is 0.0387. The van der Waals surface area contributed by atoms with Crippen LogP contribution in [-0.2, 0) is 9.53 Å². The molecule has 0 radical (unpaired) electrons. The standard InChI is InChI=1S/C15H9Cl2F2NO3/c16-8-1-3-10(11(17)5-8)15(22)23-7-14(21)20-13-4-2-9(18)6-12(13)19/h1-6H,7H2,(H,20,21).